The number of para-hydroxylation sites is 2. The Morgan fingerprint density at radius 3 is 2.24 bits per heavy atom. The largest absolute Gasteiger partial charge is 0.456 e. The quantitative estimate of drug-likeness (QED) is 0.177. The van der Waals surface area contributed by atoms with Crippen LogP contribution in [0.25, 0.3) is 60.5 Å². The first-order valence-corrected chi connectivity index (χ1v) is 19.7. The lowest BCUT2D eigenvalue weighted by Gasteiger charge is -2.32. The van der Waals surface area contributed by atoms with E-state index in [0.29, 0.717) is 0 Å². The number of hydrogen-bond donors (Lipinski definition) is 0. The van der Waals surface area contributed by atoms with Crippen molar-refractivity contribution in [2.75, 3.05) is 4.90 Å². The highest BCUT2D eigenvalue weighted by atomic mass is 16.3. The van der Waals surface area contributed by atoms with Crippen LogP contribution in [0.2, 0.25) is 0 Å². The lowest BCUT2D eigenvalue weighted by atomic mass is 9.81. The van der Waals surface area contributed by atoms with Crippen molar-refractivity contribution in [2.24, 2.45) is 0 Å². The molecule has 11 rings (SSSR count). The molecule has 0 fully saturated rings. The Hall–Kier alpha value is -6.38. The maximum atomic E-state index is 6.20. The number of nitrogens with zero attached hydrogens (tertiary/aromatic N) is 1. The number of anilines is 3. The summed E-state index contributed by atoms with van der Waals surface area (Å²) in [5, 5.41) is 4.78. The molecular formula is C53H41NO. The Bertz CT molecular complexity index is 2950. The third-order valence-electron chi connectivity index (χ3n) is 12.4. The Morgan fingerprint density at radius 1 is 0.564 bits per heavy atom. The molecule has 0 aliphatic heterocycles. The second-order valence-electron chi connectivity index (χ2n) is 15.9. The highest BCUT2D eigenvalue weighted by Gasteiger charge is 2.36. The van der Waals surface area contributed by atoms with Crippen molar-refractivity contribution in [3.05, 3.63) is 192 Å². The molecule has 7 aromatic carbocycles. The van der Waals surface area contributed by atoms with Gasteiger partial charge in [-0.15, -0.1) is 0 Å². The second-order valence-corrected chi connectivity index (χ2v) is 15.9. The van der Waals surface area contributed by atoms with E-state index in [1.165, 1.54) is 83.2 Å². The molecule has 3 aliphatic rings. The number of fused-ring (bicyclic) bond motifs is 8. The highest BCUT2D eigenvalue weighted by Crippen LogP contribution is 2.52. The minimum atomic E-state index is -0.0958. The van der Waals surface area contributed by atoms with E-state index in [9.17, 15) is 0 Å². The van der Waals surface area contributed by atoms with Crippen molar-refractivity contribution < 1.29 is 4.42 Å². The Morgan fingerprint density at radius 2 is 1.33 bits per heavy atom. The maximum absolute atomic E-state index is 6.20. The van der Waals surface area contributed by atoms with E-state index in [0.717, 1.165) is 47.9 Å². The van der Waals surface area contributed by atoms with Crippen molar-refractivity contribution in [1.82, 2.24) is 0 Å². The molecule has 1 aromatic heterocycles. The van der Waals surface area contributed by atoms with Gasteiger partial charge in [0.1, 0.15) is 11.2 Å². The number of rotatable bonds is 5. The molecule has 0 saturated heterocycles. The maximum Gasteiger partial charge on any atom is 0.136 e. The van der Waals surface area contributed by atoms with Gasteiger partial charge in [0.2, 0.25) is 0 Å². The normalized spacial score (nSPS) is 15.6. The predicted molar refractivity (Wildman–Crippen MR) is 232 cm³/mol. The van der Waals surface area contributed by atoms with Crippen LogP contribution in [0.4, 0.5) is 17.1 Å². The molecular weight excluding hydrogens is 667 g/mol. The van der Waals surface area contributed by atoms with Crippen molar-refractivity contribution in [1.29, 1.82) is 0 Å². The van der Waals surface area contributed by atoms with Crippen LogP contribution in [0, 0.1) is 0 Å². The zero-order valence-corrected chi connectivity index (χ0v) is 31.3. The van der Waals surface area contributed by atoms with E-state index in [-0.39, 0.29) is 5.41 Å². The van der Waals surface area contributed by atoms with Crippen LogP contribution >= 0.6 is 0 Å². The average molecular weight is 708 g/mol. The molecule has 0 spiro atoms. The molecule has 0 amide bonds. The van der Waals surface area contributed by atoms with E-state index in [2.05, 4.69) is 177 Å². The SMILES string of the molecule is CC1(C)c2ccccc2-c2ccc(N(c3ccc(-c4ccc5c(ccc6oc7ccccc7c65)c4)cc3)c3ccccc3C3=CCCC4=C3CCC=C4)cc21. The molecule has 3 aliphatic carbocycles. The molecule has 0 N–H and O–H groups in total. The molecule has 0 unspecified atom stereocenters. The Balaban J connectivity index is 1.04. The summed E-state index contributed by atoms with van der Waals surface area (Å²) in [6.45, 7) is 4.74. The van der Waals surface area contributed by atoms with Crippen LogP contribution in [0.5, 0.6) is 0 Å². The predicted octanol–water partition coefficient (Wildman–Crippen LogP) is 15.0. The lowest BCUT2D eigenvalue weighted by Crippen LogP contribution is -2.17. The van der Waals surface area contributed by atoms with Crippen LogP contribution in [-0.2, 0) is 5.41 Å². The standard InChI is InChI=1S/C53H41NO/c1-53(2)47-19-8-5-15-43(47)44-30-28-39(33-48(44)53)54(49-20-9-6-16-45(49)42-18-11-13-35-12-3-4-14-40(35)42)38-26-22-34(23-27-38)36-24-29-41-37(32-36)25-31-51-52(41)46-17-7-10-21-50(46)55-51/h3,5-10,12,15-33H,4,11,13-14H2,1-2H3. The van der Waals surface area contributed by atoms with E-state index in [4.69, 9.17) is 4.42 Å². The molecule has 55 heavy (non-hydrogen) atoms. The van der Waals surface area contributed by atoms with E-state index < -0.39 is 0 Å². The van der Waals surface area contributed by atoms with E-state index in [1.807, 2.05) is 6.07 Å². The minimum Gasteiger partial charge on any atom is -0.456 e. The fourth-order valence-corrected chi connectivity index (χ4v) is 9.71. The molecule has 8 aromatic rings. The zero-order valence-electron chi connectivity index (χ0n) is 31.3. The number of benzene rings is 7. The lowest BCUT2D eigenvalue weighted by molar-refractivity contribution is 0.660. The number of hydrogen-bond acceptors (Lipinski definition) is 2. The Kier molecular flexibility index (Phi) is 7.19. The van der Waals surface area contributed by atoms with Gasteiger partial charge in [-0.25, -0.2) is 0 Å². The summed E-state index contributed by atoms with van der Waals surface area (Å²) >= 11 is 0. The zero-order chi connectivity index (χ0) is 36.7. The van der Waals surface area contributed by atoms with Gasteiger partial charge in [0.25, 0.3) is 0 Å². The topological polar surface area (TPSA) is 16.4 Å². The fourth-order valence-electron chi connectivity index (χ4n) is 9.71. The average Bonchev–Trinajstić information content (AvgIpc) is 3.73. The summed E-state index contributed by atoms with van der Waals surface area (Å²) in [5.41, 5.74) is 18.9. The Labute approximate surface area is 322 Å². The molecule has 0 saturated carbocycles. The van der Waals surface area contributed by atoms with Gasteiger partial charge in [-0.1, -0.05) is 129 Å². The van der Waals surface area contributed by atoms with Crippen LogP contribution in [0.3, 0.4) is 0 Å². The van der Waals surface area contributed by atoms with Crippen molar-refractivity contribution >= 4 is 55.3 Å². The summed E-state index contributed by atoms with van der Waals surface area (Å²) in [7, 11) is 0. The third-order valence-corrected chi connectivity index (χ3v) is 12.4. The van der Waals surface area contributed by atoms with Crippen LogP contribution in [0.15, 0.2) is 179 Å². The summed E-state index contributed by atoms with van der Waals surface area (Å²) < 4.78 is 6.20. The van der Waals surface area contributed by atoms with Crippen LogP contribution in [-0.4, -0.2) is 0 Å². The van der Waals surface area contributed by atoms with Crippen LogP contribution < -0.4 is 4.90 Å². The van der Waals surface area contributed by atoms with Gasteiger partial charge in [0.05, 0.1) is 5.69 Å². The molecule has 2 nitrogen and oxygen atoms in total. The summed E-state index contributed by atoms with van der Waals surface area (Å²) in [6.07, 6.45) is 11.6. The van der Waals surface area contributed by atoms with Gasteiger partial charge in [0.15, 0.2) is 0 Å². The summed E-state index contributed by atoms with van der Waals surface area (Å²) in [4.78, 5) is 2.49. The van der Waals surface area contributed by atoms with Gasteiger partial charge in [0, 0.05) is 33.1 Å². The first-order chi connectivity index (χ1) is 27.0. The molecule has 1 heterocycles. The summed E-state index contributed by atoms with van der Waals surface area (Å²) in [5.74, 6) is 0. The highest BCUT2D eigenvalue weighted by molar-refractivity contribution is 6.19. The monoisotopic (exact) mass is 707 g/mol. The molecule has 264 valence electrons. The number of furan rings is 1. The summed E-state index contributed by atoms with van der Waals surface area (Å²) in [6, 6.07) is 53.7. The fraction of sp³-hybridized carbons (Fsp3) is 0.132. The molecule has 0 radical (unpaired) electrons. The third kappa shape index (κ3) is 5.01. The second kappa shape index (κ2) is 12.3. The van der Waals surface area contributed by atoms with Gasteiger partial charge in [-0.2, -0.15) is 0 Å². The van der Waals surface area contributed by atoms with Crippen LogP contribution in [0.1, 0.15) is 56.2 Å². The first kappa shape index (κ1) is 32.1. The van der Waals surface area contributed by atoms with Crippen molar-refractivity contribution in [3.63, 3.8) is 0 Å². The van der Waals surface area contributed by atoms with Gasteiger partial charge in [-0.05, 0) is 135 Å². The smallest absolute Gasteiger partial charge is 0.136 e. The van der Waals surface area contributed by atoms with E-state index in [1.54, 1.807) is 0 Å². The minimum absolute atomic E-state index is 0.0958. The first-order valence-electron chi connectivity index (χ1n) is 19.7. The molecule has 0 bridgehead atoms. The number of allylic oxidation sites excluding steroid dienone is 6. The van der Waals surface area contributed by atoms with Gasteiger partial charge >= 0.3 is 0 Å². The van der Waals surface area contributed by atoms with Crippen molar-refractivity contribution in [3.8, 4) is 22.3 Å². The van der Waals surface area contributed by atoms with Crippen molar-refractivity contribution in [2.45, 2.75) is 44.9 Å². The molecule has 2 heteroatoms. The van der Waals surface area contributed by atoms with E-state index >= 15 is 0 Å². The van der Waals surface area contributed by atoms with Gasteiger partial charge < -0.3 is 9.32 Å². The molecule has 0 atom stereocenters. The van der Waals surface area contributed by atoms with Gasteiger partial charge in [-0.3, -0.25) is 0 Å².